The molecular formula is C15H14NOS. The van der Waals surface area contributed by atoms with E-state index in [0.29, 0.717) is 5.56 Å². The summed E-state index contributed by atoms with van der Waals surface area (Å²) in [4.78, 5) is 13.1. The molecule has 3 heteroatoms. The van der Waals surface area contributed by atoms with Gasteiger partial charge >= 0.3 is 0 Å². The Bertz CT molecular complexity index is 549. The predicted octanol–water partition coefficient (Wildman–Crippen LogP) is 3.84. The van der Waals surface area contributed by atoms with E-state index in [1.54, 1.807) is 23.9 Å². The molecule has 2 rings (SSSR count). The van der Waals surface area contributed by atoms with Gasteiger partial charge in [-0.3, -0.25) is 4.79 Å². The van der Waals surface area contributed by atoms with Crippen LogP contribution in [-0.4, -0.2) is 12.2 Å². The minimum absolute atomic E-state index is 0.103. The van der Waals surface area contributed by atoms with Gasteiger partial charge in [-0.05, 0) is 49.1 Å². The number of benzene rings is 2. The van der Waals surface area contributed by atoms with Crippen LogP contribution in [0.4, 0.5) is 5.69 Å². The van der Waals surface area contributed by atoms with Crippen LogP contribution in [0.1, 0.15) is 15.9 Å². The summed E-state index contributed by atoms with van der Waals surface area (Å²) in [7, 11) is 0. The number of thioether (sulfide) groups is 1. The van der Waals surface area contributed by atoms with E-state index >= 15 is 0 Å². The van der Waals surface area contributed by atoms with Crippen molar-refractivity contribution in [2.24, 2.45) is 0 Å². The van der Waals surface area contributed by atoms with Gasteiger partial charge in [-0.25, -0.2) is 0 Å². The van der Waals surface area contributed by atoms with Crippen LogP contribution in [0.25, 0.3) is 0 Å². The second kappa shape index (κ2) is 5.74. The summed E-state index contributed by atoms with van der Waals surface area (Å²) in [6.45, 7) is 3.79. The number of anilines is 1. The van der Waals surface area contributed by atoms with Gasteiger partial charge in [-0.2, -0.15) is 0 Å². The average molecular weight is 256 g/mol. The zero-order valence-electron chi connectivity index (χ0n) is 10.1. The lowest BCUT2D eigenvalue weighted by atomic mass is 10.1. The third-order valence-corrected chi connectivity index (χ3v) is 3.27. The molecule has 1 N–H and O–H groups in total. The van der Waals surface area contributed by atoms with E-state index in [9.17, 15) is 4.79 Å². The first kappa shape index (κ1) is 12.7. The van der Waals surface area contributed by atoms with E-state index in [4.69, 9.17) is 0 Å². The first-order valence-electron chi connectivity index (χ1n) is 5.56. The van der Waals surface area contributed by atoms with Crippen molar-refractivity contribution in [1.29, 1.82) is 0 Å². The summed E-state index contributed by atoms with van der Waals surface area (Å²) in [5, 5.41) is 2.88. The highest BCUT2D eigenvalue weighted by atomic mass is 32.2. The minimum Gasteiger partial charge on any atom is -0.322 e. The van der Waals surface area contributed by atoms with Gasteiger partial charge in [0.15, 0.2) is 0 Å². The van der Waals surface area contributed by atoms with Crippen LogP contribution in [0.3, 0.4) is 0 Å². The predicted molar refractivity (Wildman–Crippen MR) is 77.1 cm³/mol. The van der Waals surface area contributed by atoms with E-state index in [1.807, 2.05) is 42.7 Å². The van der Waals surface area contributed by atoms with Crippen molar-refractivity contribution in [1.82, 2.24) is 0 Å². The van der Waals surface area contributed by atoms with Gasteiger partial charge in [-0.15, -0.1) is 11.8 Å². The van der Waals surface area contributed by atoms with E-state index in [1.165, 1.54) is 0 Å². The molecular weight excluding hydrogens is 242 g/mol. The highest BCUT2D eigenvalue weighted by Crippen LogP contribution is 2.19. The zero-order valence-corrected chi connectivity index (χ0v) is 11.0. The molecule has 18 heavy (non-hydrogen) atoms. The number of nitrogens with one attached hydrogen (secondary N) is 1. The Morgan fingerprint density at radius 2 is 1.89 bits per heavy atom. The number of amides is 1. The van der Waals surface area contributed by atoms with E-state index in [-0.39, 0.29) is 5.91 Å². The largest absolute Gasteiger partial charge is 0.322 e. The average Bonchev–Trinajstić information content (AvgIpc) is 2.39. The van der Waals surface area contributed by atoms with Gasteiger partial charge in [0.2, 0.25) is 0 Å². The van der Waals surface area contributed by atoms with Crippen molar-refractivity contribution < 1.29 is 4.79 Å². The molecule has 0 unspecified atom stereocenters. The zero-order chi connectivity index (χ0) is 13.0. The SMILES string of the molecule is [CH2]c1ccc(C(=O)Nc2cccc(SC)c2)cc1. The third-order valence-electron chi connectivity index (χ3n) is 2.54. The van der Waals surface area contributed by atoms with Crippen LogP contribution in [-0.2, 0) is 0 Å². The smallest absolute Gasteiger partial charge is 0.255 e. The van der Waals surface area contributed by atoms with Gasteiger partial charge in [0.1, 0.15) is 0 Å². The van der Waals surface area contributed by atoms with Gasteiger partial charge in [-0.1, -0.05) is 18.2 Å². The Labute approximate surface area is 111 Å². The molecule has 0 aromatic heterocycles. The molecule has 1 amide bonds. The lowest BCUT2D eigenvalue weighted by molar-refractivity contribution is 0.102. The fraction of sp³-hybridized carbons (Fsp3) is 0.0667. The van der Waals surface area contributed by atoms with Gasteiger partial charge < -0.3 is 5.32 Å². The van der Waals surface area contributed by atoms with Gasteiger partial charge in [0, 0.05) is 16.1 Å². The van der Waals surface area contributed by atoms with Crippen LogP contribution in [0.2, 0.25) is 0 Å². The molecule has 2 aromatic carbocycles. The van der Waals surface area contributed by atoms with Crippen molar-refractivity contribution in [2.45, 2.75) is 4.90 Å². The number of hydrogen-bond acceptors (Lipinski definition) is 2. The van der Waals surface area contributed by atoms with Gasteiger partial charge in [0.05, 0.1) is 0 Å². The Morgan fingerprint density at radius 3 is 2.56 bits per heavy atom. The lowest BCUT2D eigenvalue weighted by Crippen LogP contribution is -2.11. The first-order chi connectivity index (χ1) is 8.69. The summed E-state index contributed by atoms with van der Waals surface area (Å²) in [5.74, 6) is -0.103. The maximum Gasteiger partial charge on any atom is 0.255 e. The molecule has 2 nitrogen and oxygen atoms in total. The molecule has 0 fully saturated rings. The van der Waals surface area contributed by atoms with E-state index < -0.39 is 0 Å². The Balaban J connectivity index is 2.13. The molecule has 0 bridgehead atoms. The maximum absolute atomic E-state index is 12.0. The molecule has 0 heterocycles. The van der Waals surface area contributed by atoms with Crippen molar-refractivity contribution in [3.63, 3.8) is 0 Å². The Morgan fingerprint density at radius 1 is 1.17 bits per heavy atom. The standard InChI is InChI=1S/C15H14NOS/c1-11-6-8-12(9-7-11)15(17)16-13-4-3-5-14(10-13)18-2/h3-10H,1H2,2H3,(H,16,17). The normalized spacial score (nSPS) is 10.1. The van der Waals surface area contributed by atoms with Crippen LogP contribution in [0, 0.1) is 6.92 Å². The number of hydrogen-bond donors (Lipinski definition) is 1. The second-order valence-electron chi connectivity index (χ2n) is 3.88. The monoisotopic (exact) mass is 256 g/mol. The highest BCUT2D eigenvalue weighted by Gasteiger charge is 2.05. The molecule has 1 radical (unpaired) electrons. The Kier molecular flexibility index (Phi) is 4.05. The fourth-order valence-electron chi connectivity index (χ4n) is 1.56. The molecule has 91 valence electrons. The Hall–Kier alpha value is -1.74. The van der Waals surface area contributed by atoms with E-state index in [0.717, 1.165) is 16.1 Å². The van der Waals surface area contributed by atoms with Crippen molar-refractivity contribution in [3.8, 4) is 0 Å². The van der Waals surface area contributed by atoms with Crippen molar-refractivity contribution in [2.75, 3.05) is 11.6 Å². The summed E-state index contributed by atoms with van der Waals surface area (Å²) < 4.78 is 0. The summed E-state index contributed by atoms with van der Waals surface area (Å²) in [6.07, 6.45) is 2.01. The maximum atomic E-state index is 12.0. The molecule has 0 aliphatic heterocycles. The first-order valence-corrected chi connectivity index (χ1v) is 6.79. The van der Waals surface area contributed by atoms with Crippen LogP contribution in [0.5, 0.6) is 0 Å². The summed E-state index contributed by atoms with van der Waals surface area (Å²) in [6, 6.07) is 15.0. The molecule has 0 aliphatic carbocycles. The topological polar surface area (TPSA) is 29.1 Å². The van der Waals surface area contributed by atoms with Crippen molar-refractivity contribution in [3.05, 3.63) is 66.6 Å². The molecule has 0 spiro atoms. The highest BCUT2D eigenvalue weighted by molar-refractivity contribution is 7.98. The van der Waals surface area contributed by atoms with Gasteiger partial charge in [0.25, 0.3) is 5.91 Å². The molecule has 0 saturated carbocycles. The summed E-state index contributed by atoms with van der Waals surface area (Å²) >= 11 is 1.65. The number of carbonyl (C=O) groups excluding carboxylic acids is 1. The molecule has 0 aliphatic rings. The van der Waals surface area contributed by atoms with Crippen LogP contribution in [0.15, 0.2) is 53.4 Å². The molecule has 0 saturated heterocycles. The van der Waals surface area contributed by atoms with Crippen LogP contribution < -0.4 is 5.32 Å². The molecule has 0 atom stereocenters. The lowest BCUT2D eigenvalue weighted by Gasteiger charge is -2.06. The number of rotatable bonds is 3. The third kappa shape index (κ3) is 3.14. The van der Waals surface area contributed by atoms with Crippen molar-refractivity contribution >= 4 is 23.4 Å². The summed E-state index contributed by atoms with van der Waals surface area (Å²) in [5.41, 5.74) is 2.35. The number of carbonyl (C=O) groups is 1. The second-order valence-corrected chi connectivity index (χ2v) is 4.76. The molecule has 2 aromatic rings. The quantitative estimate of drug-likeness (QED) is 0.845. The fourth-order valence-corrected chi connectivity index (χ4v) is 2.02. The minimum atomic E-state index is -0.103. The van der Waals surface area contributed by atoms with Crippen LogP contribution >= 0.6 is 11.8 Å². The van der Waals surface area contributed by atoms with E-state index in [2.05, 4.69) is 12.2 Å².